The summed E-state index contributed by atoms with van der Waals surface area (Å²) in [7, 11) is 0. The Morgan fingerprint density at radius 2 is 2.25 bits per heavy atom. The van der Waals surface area contributed by atoms with Gasteiger partial charge in [0, 0.05) is 25.6 Å². The van der Waals surface area contributed by atoms with E-state index in [1.165, 1.54) is 0 Å². The summed E-state index contributed by atoms with van der Waals surface area (Å²) in [5.74, 6) is 0.953. The molecule has 1 atom stereocenters. The van der Waals surface area contributed by atoms with Crippen molar-refractivity contribution in [2.45, 2.75) is 45.7 Å². The smallest absolute Gasteiger partial charge is 0.138 e. The zero-order valence-corrected chi connectivity index (χ0v) is 10.2. The molecule has 1 unspecified atom stereocenters. The van der Waals surface area contributed by atoms with Crippen molar-refractivity contribution in [2.24, 2.45) is 5.73 Å². The maximum atomic E-state index is 5.96. The van der Waals surface area contributed by atoms with Crippen LogP contribution < -0.4 is 5.73 Å². The highest BCUT2D eigenvalue weighted by Crippen LogP contribution is 2.00. The molecule has 0 aromatic carbocycles. The third-order valence-corrected chi connectivity index (χ3v) is 2.26. The molecule has 0 aliphatic rings. The van der Waals surface area contributed by atoms with Gasteiger partial charge < -0.3 is 10.5 Å². The van der Waals surface area contributed by atoms with E-state index in [1.54, 1.807) is 6.33 Å². The summed E-state index contributed by atoms with van der Waals surface area (Å²) in [5.41, 5.74) is 5.96. The first kappa shape index (κ1) is 13.1. The number of nitrogens with two attached hydrogens (primary N) is 1. The molecule has 0 saturated carbocycles. The van der Waals surface area contributed by atoms with Crippen molar-refractivity contribution >= 4 is 0 Å². The van der Waals surface area contributed by atoms with Gasteiger partial charge in [0.25, 0.3) is 0 Å². The van der Waals surface area contributed by atoms with Gasteiger partial charge in [-0.05, 0) is 12.8 Å². The van der Waals surface area contributed by atoms with Crippen LogP contribution in [0.5, 0.6) is 0 Å². The summed E-state index contributed by atoms with van der Waals surface area (Å²) in [4.78, 5) is 4.22. The summed E-state index contributed by atoms with van der Waals surface area (Å²) in [5, 5.41) is 4.16. The van der Waals surface area contributed by atoms with Crippen LogP contribution in [0.25, 0.3) is 0 Å². The molecule has 0 spiro atoms. The zero-order chi connectivity index (χ0) is 11.8. The standard InChI is InChI=1S/C11H22N4O/c1-3-5-15-11(13-9-14-15)7-10(12)8-16-6-4-2/h9-10H,3-8,12H2,1-2H3. The van der Waals surface area contributed by atoms with E-state index >= 15 is 0 Å². The first-order valence-electron chi connectivity index (χ1n) is 5.97. The predicted octanol–water partition coefficient (Wildman–Crippen LogP) is 0.984. The molecule has 1 rings (SSSR count). The monoisotopic (exact) mass is 226 g/mol. The van der Waals surface area contributed by atoms with Gasteiger partial charge in [-0.25, -0.2) is 4.98 Å². The first-order valence-corrected chi connectivity index (χ1v) is 5.97. The van der Waals surface area contributed by atoms with Crippen LogP contribution in [-0.2, 0) is 17.7 Å². The molecule has 5 nitrogen and oxygen atoms in total. The molecular weight excluding hydrogens is 204 g/mol. The number of ether oxygens (including phenoxy) is 1. The minimum Gasteiger partial charge on any atom is -0.380 e. The molecule has 1 aromatic heterocycles. The fourth-order valence-corrected chi connectivity index (χ4v) is 1.52. The maximum absolute atomic E-state index is 5.96. The van der Waals surface area contributed by atoms with E-state index in [0.717, 1.165) is 38.2 Å². The van der Waals surface area contributed by atoms with Crippen LogP contribution in [0.4, 0.5) is 0 Å². The molecule has 2 N–H and O–H groups in total. The number of rotatable bonds is 8. The van der Waals surface area contributed by atoms with Crippen LogP contribution in [0.2, 0.25) is 0 Å². The highest BCUT2D eigenvalue weighted by Gasteiger charge is 2.09. The van der Waals surface area contributed by atoms with Gasteiger partial charge in [0.2, 0.25) is 0 Å². The third kappa shape index (κ3) is 4.28. The van der Waals surface area contributed by atoms with Crippen LogP contribution in [0, 0.1) is 0 Å². The quantitative estimate of drug-likeness (QED) is 0.671. The largest absolute Gasteiger partial charge is 0.380 e. The van der Waals surface area contributed by atoms with E-state index in [0.29, 0.717) is 6.61 Å². The van der Waals surface area contributed by atoms with Crippen molar-refractivity contribution < 1.29 is 4.74 Å². The maximum Gasteiger partial charge on any atom is 0.138 e. The topological polar surface area (TPSA) is 66.0 Å². The average molecular weight is 226 g/mol. The number of nitrogens with zero attached hydrogens (tertiary/aromatic N) is 3. The number of aryl methyl sites for hydroxylation is 1. The van der Waals surface area contributed by atoms with Crippen molar-refractivity contribution in [1.29, 1.82) is 0 Å². The van der Waals surface area contributed by atoms with Gasteiger partial charge in [-0.3, -0.25) is 4.68 Å². The van der Waals surface area contributed by atoms with Gasteiger partial charge in [-0.2, -0.15) is 5.10 Å². The summed E-state index contributed by atoms with van der Waals surface area (Å²) < 4.78 is 7.33. The van der Waals surface area contributed by atoms with Gasteiger partial charge in [0.15, 0.2) is 0 Å². The molecule has 0 radical (unpaired) electrons. The number of hydrogen-bond acceptors (Lipinski definition) is 4. The highest BCUT2D eigenvalue weighted by atomic mass is 16.5. The van der Waals surface area contributed by atoms with Crippen LogP contribution in [-0.4, -0.2) is 34.0 Å². The Kier molecular flexibility index (Phi) is 6.03. The molecule has 0 aliphatic heterocycles. The van der Waals surface area contributed by atoms with Crippen LogP contribution in [0.15, 0.2) is 6.33 Å². The summed E-state index contributed by atoms with van der Waals surface area (Å²) in [6.45, 7) is 6.47. The SMILES string of the molecule is CCCOCC(N)Cc1ncnn1CCC. The van der Waals surface area contributed by atoms with Crippen molar-refractivity contribution in [3.63, 3.8) is 0 Å². The lowest BCUT2D eigenvalue weighted by molar-refractivity contribution is 0.120. The van der Waals surface area contributed by atoms with Crippen LogP contribution in [0.3, 0.4) is 0 Å². The Hall–Kier alpha value is -0.940. The second kappa shape index (κ2) is 7.35. The van der Waals surface area contributed by atoms with E-state index in [2.05, 4.69) is 23.9 Å². The van der Waals surface area contributed by atoms with Crippen molar-refractivity contribution in [2.75, 3.05) is 13.2 Å². The minimum absolute atomic E-state index is 0.00589. The molecule has 0 amide bonds. The molecular formula is C11H22N4O. The number of aromatic nitrogens is 3. The molecule has 0 bridgehead atoms. The van der Waals surface area contributed by atoms with Gasteiger partial charge in [-0.1, -0.05) is 13.8 Å². The van der Waals surface area contributed by atoms with Gasteiger partial charge in [-0.15, -0.1) is 0 Å². The second-order valence-electron chi connectivity index (χ2n) is 3.94. The summed E-state index contributed by atoms with van der Waals surface area (Å²) in [6.07, 6.45) is 4.39. The van der Waals surface area contributed by atoms with Gasteiger partial charge in [0.05, 0.1) is 6.61 Å². The Labute approximate surface area is 97.0 Å². The molecule has 0 aliphatic carbocycles. The molecule has 5 heteroatoms. The van der Waals surface area contributed by atoms with Crippen LogP contribution in [0.1, 0.15) is 32.5 Å². The summed E-state index contributed by atoms with van der Waals surface area (Å²) in [6, 6.07) is 0.00589. The normalized spacial score (nSPS) is 12.9. The van der Waals surface area contributed by atoms with E-state index < -0.39 is 0 Å². The average Bonchev–Trinajstić information content (AvgIpc) is 2.67. The fourth-order valence-electron chi connectivity index (χ4n) is 1.52. The molecule has 0 saturated heterocycles. The highest BCUT2D eigenvalue weighted by molar-refractivity contribution is 4.88. The van der Waals surface area contributed by atoms with Crippen LogP contribution >= 0.6 is 0 Å². The summed E-state index contributed by atoms with van der Waals surface area (Å²) >= 11 is 0. The Morgan fingerprint density at radius 1 is 1.44 bits per heavy atom. The van der Waals surface area contributed by atoms with Crippen molar-refractivity contribution in [1.82, 2.24) is 14.8 Å². The fraction of sp³-hybridized carbons (Fsp3) is 0.818. The number of hydrogen-bond donors (Lipinski definition) is 1. The molecule has 0 fully saturated rings. The molecule has 16 heavy (non-hydrogen) atoms. The molecule has 92 valence electrons. The van der Waals surface area contributed by atoms with Crippen molar-refractivity contribution in [3.8, 4) is 0 Å². The van der Waals surface area contributed by atoms with E-state index in [9.17, 15) is 0 Å². The van der Waals surface area contributed by atoms with Gasteiger partial charge in [0.1, 0.15) is 12.2 Å². The molecule has 1 aromatic rings. The van der Waals surface area contributed by atoms with Crippen molar-refractivity contribution in [3.05, 3.63) is 12.2 Å². The molecule has 1 heterocycles. The lowest BCUT2D eigenvalue weighted by Crippen LogP contribution is -2.30. The Balaban J connectivity index is 2.36. The third-order valence-electron chi connectivity index (χ3n) is 2.26. The lowest BCUT2D eigenvalue weighted by atomic mass is 10.2. The first-order chi connectivity index (χ1) is 7.77. The lowest BCUT2D eigenvalue weighted by Gasteiger charge is -2.12. The predicted molar refractivity (Wildman–Crippen MR) is 63.1 cm³/mol. The van der Waals surface area contributed by atoms with Gasteiger partial charge >= 0.3 is 0 Å². The second-order valence-corrected chi connectivity index (χ2v) is 3.94. The Bertz CT molecular complexity index is 287. The Morgan fingerprint density at radius 3 is 2.94 bits per heavy atom. The van der Waals surface area contributed by atoms with E-state index in [4.69, 9.17) is 10.5 Å². The van der Waals surface area contributed by atoms with E-state index in [-0.39, 0.29) is 6.04 Å². The minimum atomic E-state index is 0.00589. The van der Waals surface area contributed by atoms with E-state index in [1.807, 2.05) is 4.68 Å². The zero-order valence-electron chi connectivity index (χ0n) is 10.2.